The van der Waals surface area contributed by atoms with Crippen LogP contribution in [0.25, 0.3) is 0 Å². The highest BCUT2D eigenvalue weighted by molar-refractivity contribution is 6.00. The van der Waals surface area contributed by atoms with E-state index in [1.54, 1.807) is 11.8 Å². The Hall–Kier alpha value is -2.37. The molecule has 1 aliphatic carbocycles. The van der Waals surface area contributed by atoms with Gasteiger partial charge in [-0.1, -0.05) is 11.6 Å². The second-order valence-corrected chi connectivity index (χ2v) is 8.18. The highest BCUT2D eigenvalue weighted by Crippen LogP contribution is 2.40. The molecule has 1 N–H and O–H groups in total. The fourth-order valence-corrected chi connectivity index (χ4v) is 4.04. The minimum atomic E-state index is -0.656. The first-order chi connectivity index (χ1) is 12.9. The van der Waals surface area contributed by atoms with Gasteiger partial charge in [-0.3, -0.25) is 14.4 Å². The number of hydrogen-bond acceptors (Lipinski definition) is 4. The minimum absolute atomic E-state index is 0.0453. The summed E-state index contributed by atoms with van der Waals surface area (Å²) in [7, 11) is 0. The number of nitrogens with zero attached hydrogens (tertiary/aromatic N) is 1. The van der Waals surface area contributed by atoms with Gasteiger partial charge in [0.25, 0.3) is 0 Å². The van der Waals surface area contributed by atoms with Crippen LogP contribution in [0.2, 0.25) is 0 Å². The van der Waals surface area contributed by atoms with Gasteiger partial charge in [0, 0.05) is 25.4 Å². The quantitative estimate of drug-likeness (QED) is 0.886. The number of rotatable bonds is 3. The van der Waals surface area contributed by atoms with Gasteiger partial charge in [-0.15, -0.1) is 0 Å². The van der Waals surface area contributed by atoms with Crippen molar-refractivity contribution < 1.29 is 19.1 Å². The lowest BCUT2D eigenvalue weighted by molar-refractivity contribution is -0.139. The molecule has 0 bridgehead atoms. The zero-order chi connectivity index (χ0) is 19.2. The first-order valence-electron chi connectivity index (χ1n) is 9.80. The van der Waals surface area contributed by atoms with Gasteiger partial charge in [0.05, 0.1) is 12.0 Å². The maximum absolute atomic E-state index is 12.7. The van der Waals surface area contributed by atoms with Gasteiger partial charge >= 0.3 is 0 Å². The molecule has 4 rings (SSSR count). The predicted molar refractivity (Wildman–Crippen MR) is 99.7 cm³/mol. The van der Waals surface area contributed by atoms with E-state index in [4.69, 9.17) is 4.74 Å². The second kappa shape index (κ2) is 6.66. The Balaban J connectivity index is 1.50. The number of Topliss-reactive ketones (excluding diaryl/α,β-unsaturated/α-hetero) is 1. The third-order valence-electron chi connectivity index (χ3n) is 5.94. The third kappa shape index (κ3) is 3.57. The Morgan fingerprint density at radius 2 is 2.07 bits per heavy atom. The van der Waals surface area contributed by atoms with Crippen molar-refractivity contribution in [3.63, 3.8) is 0 Å². The molecule has 1 aromatic rings. The molecule has 2 heterocycles. The number of fused-ring (bicyclic) bond motifs is 1. The van der Waals surface area contributed by atoms with E-state index in [2.05, 4.69) is 5.32 Å². The Labute approximate surface area is 159 Å². The maximum Gasteiger partial charge on any atom is 0.242 e. The molecule has 6 heteroatoms. The number of ether oxygens (including phenoxy) is 1. The molecular weight excluding hydrogens is 344 g/mol. The molecule has 2 aliphatic heterocycles. The van der Waals surface area contributed by atoms with Gasteiger partial charge in [-0.25, -0.2) is 0 Å². The summed E-state index contributed by atoms with van der Waals surface area (Å²) >= 11 is 0. The summed E-state index contributed by atoms with van der Waals surface area (Å²) in [5.41, 5.74) is 1.00. The molecule has 1 saturated carbocycles. The van der Waals surface area contributed by atoms with E-state index in [0.29, 0.717) is 30.7 Å². The van der Waals surface area contributed by atoms with Gasteiger partial charge in [0.1, 0.15) is 17.4 Å². The molecule has 2 fully saturated rings. The molecule has 144 valence electrons. The highest BCUT2D eigenvalue weighted by atomic mass is 16.5. The lowest BCUT2D eigenvalue weighted by Crippen LogP contribution is -2.49. The largest absolute Gasteiger partial charge is 0.486 e. The van der Waals surface area contributed by atoms with Crippen molar-refractivity contribution in [3.05, 3.63) is 29.3 Å². The number of nitrogens with one attached hydrogen (secondary N) is 1. The standard InChI is InChI=1S/C21H26N2O4/c1-13-3-6-18-16(11-13)17(24)12-21(27-18)8-7-19(25)23(10-9-21)14(2)20(26)22-15-4-5-15/h3,6,11,14-15H,4-5,7-10,12H2,1-2H3,(H,22,26). The number of amides is 2. The van der Waals surface area contributed by atoms with Crippen LogP contribution in [0.5, 0.6) is 5.75 Å². The zero-order valence-electron chi connectivity index (χ0n) is 15.9. The molecule has 2 unspecified atom stereocenters. The van der Waals surface area contributed by atoms with Gasteiger partial charge in [0.15, 0.2) is 5.78 Å². The van der Waals surface area contributed by atoms with E-state index in [9.17, 15) is 14.4 Å². The number of carbonyl (C=O) groups excluding carboxylic acids is 3. The van der Waals surface area contributed by atoms with E-state index >= 15 is 0 Å². The number of likely N-dealkylation sites (tertiary alicyclic amines) is 1. The molecule has 6 nitrogen and oxygen atoms in total. The SMILES string of the molecule is Cc1ccc2c(c1)C(=O)CC1(CCC(=O)N(C(C)C(=O)NC3CC3)CC1)O2. The van der Waals surface area contributed by atoms with Crippen molar-refractivity contribution in [2.45, 2.75) is 70.1 Å². The first kappa shape index (κ1) is 18.0. The number of hydrogen-bond donors (Lipinski definition) is 1. The van der Waals surface area contributed by atoms with Crippen LogP contribution in [0, 0.1) is 6.92 Å². The Kier molecular flexibility index (Phi) is 4.44. The van der Waals surface area contributed by atoms with Crippen molar-refractivity contribution in [1.82, 2.24) is 10.2 Å². The summed E-state index contributed by atoms with van der Waals surface area (Å²) in [6, 6.07) is 5.42. The summed E-state index contributed by atoms with van der Waals surface area (Å²) in [5, 5.41) is 2.97. The summed E-state index contributed by atoms with van der Waals surface area (Å²) in [6.07, 6.45) is 3.66. The monoisotopic (exact) mass is 370 g/mol. The Bertz CT molecular complexity index is 801. The van der Waals surface area contributed by atoms with E-state index in [0.717, 1.165) is 18.4 Å². The molecule has 0 aromatic heterocycles. The molecule has 2 atom stereocenters. The fourth-order valence-electron chi connectivity index (χ4n) is 4.04. The summed E-state index contributed by atoms with van der Waals surface area (Å²) < 4.78 is 6.28. The summed E-state index contributed by atoms with van der Waals surface area (Å²) in [5.74, 6) is 0.539. The average Bonchev–Trinajstić information content (AvgIpc) is 3.45. The van der Waals surface area contributed by atoms with Crippen LogP contribution >= 0.6 is 0 Å². The topological polar surface area (TPSA) is 75.7 Å². The predicted octanol–water partition coefficient (Wildman–Crippen LogP) is 2.38. The molecule has 1 spiro atoms. The molecule has 3 aliphatic rings. The van der Waals surface area contributed by atoms with E-state index < -0.39 is 11.6 Å². The van der Waals surface area contributed by atoms with Crippen LogP contribution < -0.4 is 10.1 Å². The van der Waals surface area contributed by atoms with Crippen molar-refractivity contribution in [3.8, 4) is 5.75 Å². The average molecular weight is 370 g/mol. The highest BCUT2D eigenvalue weighted by Gasteiger charge is 2.44. The van der Waals surface area contributed by atoms with Gasteiger partial charge in [-0.2, -0.15) is 0 Å². The number of benzene rings is 1. The van der Waals surface area contributed by atoms with Gasteiger partial charge < -0.3 is 15.0 Å². The molecule has 2 amide bonds. The minimum Gasteiger partial charge on any atom is -0.486 e. The number of aryl methyl sites for hydroxylation is 1. The van der Waals surface area contributed by atoms with Crippen LogP contribution in [-0.4, -0.2) is 46.7 Å². The number of carbonyl (C=O) groups is 3. The van der Waals surface area contributed by atoms with Crippen LogP contribution in [0.4, 0.5) is 0 Å². The summed E-state index contributed by atoms with van der Waals surface area (Å²) in [6.45, 7) is 4.15. The zero-order valence-corrected chi connectivity index (χ0v) is 15.9. The summed E-state index contributed by atoms with van der Waals surface area (Å²) in [4.78, 5) is 39.4. The van der Waals surface area contributed by atoms with E-state index in [-0.39, 0.29) is 36.5 Å². The smallest absolute Gasteiger partial charge is 0.242 e. The van der Waals surface area contributed by atoms with Crippen LogP contribution in [0.3, 0.4) is 0 Å². The molecule has 27 heavy (non-hydrogen) atoms. The fraction of sp³-hybridized carbons (Fsp3) is 0.571. The lowest BCUT2D eigenvalue weighted by Gasteiger charge is -2.37. The van der Waals surface area contributed by atoms with Crippen LogP contribution in [0.15, 0.2) is 18.2 Å². The van der Waals surface area contributed by atoms with Crippen molar-refractivity contribution in [2.24, 2.45) is 0 Å². The van der Waals surface area contributed by atoms with Crippen LogP contribution in [0.1, 0.15) is 61.4 Å². The van der Waals surface area contributed by atoms with E-state index in [1.807, 2.05) is 25.1 Å². The van der Waals surface area contributed by atoms with Crippen molar-refractivity contribution in [2.75, 3.05) is 6.54 Å². The maximum atomic E-state index is 12.7. The third-order valence-corrected chi connectivity index (χ3v) is 5.94. The molecular formula is C21H26N2O4. The normalized spacial score (nSPS) is 26.2. The lowest BCUT2D eigenvalue weighted by atomic mass is 9.84. The van der Waals surface area contributed by atoms with E-state index in [1.165, 1.54) is 0 Å². The van der Waals surface area contributed by atoms with Crippen molar-refractivity contribution >= 4 is 17.6 Å². The molecule has 1 saturated heterocycles. The Morgan fingerprint density at radius 1 is 1.30 bits per heavy atom. The Morgan fingerprint density at radius 3 is 2.81 bits per heavy atom. The van der Waals surface area contributed by atoms with Gasteiger partial charge in [0.2, 0.25) is 11.8 Å². The molecule has 1 aromatic carbocycles. The second-order valence-electron chi connectivity index (χ2n) is 8.18. The molecule has 0 radical (unpaired) electrons. The first-order valence-corrected chi connectivity index (χ1v) is 9.80. The van der Waals surface area contributed by atoms with Crippen molar-refractivity contribution in [1.29, 1.82) is 0 Å². The van der Waals surface area contributed by atoms with Gasteiger partial charge in [-0.05, 0) is 45.2 Å². The van der Waals surface area contributed by atoms with Crippen LogP contribution in [-0.2, 0) is 9.59 Å². The number of ketones is 1.